The Hall–Kier alpha value is -2.45. The van der Waals surface area contributed by atoms with Crippen molar-refractivity contribution in [2.75, 3.05) is 25.0 Å². The second-order valence-corrected chi connectivity index (χ2v) is 8.08. The summed E-state index contributed by atoms with van der Waals surface area (Å²) >= 11 is 1.84. The Kier molecular flexibility index (Phi) is 7.00. The first-order chi connectivity index (χ1) is 13.5. The lowest BCUT2D eigenvalue weighted by atomic mass is 10.1. The van der Waals surface area contributed by atoms with E-state index in [1.54, 1.807) is 12.1 Å². The Labute approximate surface area is 168 Å². The van der Waals surface area contributed by atoms with Crippen LogP contribution in [0, 0.1) is 10.1 Å². The maximum atomic E-state index is 12.1. The fourth-order valence-corrected chi connectivity index (χ4v) is 4.20. The van der Waals surface area contributed by atoms with Gasteiger partial charge in [0.1, 0.15) is 0 Å². The molecule has 0 bridgehead atoms. The predicted octanol–water partition coefficient (Wildman–Crippen LogP) is 3.41. The minimum Gasteiger partial charge on any atom is -0.385 e. The molecule has 2 aromatic rings. The fraction of sp³-hybridized carbons (Fsp3) is 0.450. The number of rotatable bonds is 9. The summed E-state index contributed by atoms with van der Waals surface area (Å²) in [5.74, 6) is 0.0607. The summed E-state index contributed by atoms with van der Waals surface area (Å²) in [6.45, 7) is 5.48. The Bertz CT molecular complexity index is 806. The highest BCUT2D eigenvalue weighted by atomic mass is 32.1. The van der Waals surface area contributed by atoms with Gasteiger partial charge in [0.2, 0.25) is 5.91 Å². The van der Waals surface area contributed by atoms with E-state index in [2.05, 4.69) is 33.9 Å². The molecule has 0 aliphatic carbocycles. The maximum Gasteiger partial charge on any atom is 0.269 e. The number of hydrogen-bond acceptors (Lipinski definition) is 6. The summed E-state index contributed by atoms with van der Waals surface area (Å²) in [6, 6.07) is 8.81. The van der Waals surface area contributed by atoms with Crippen LogP contribution in [0.25, 0.3) is 0 Å². The molecule has 1 aromatic carbocycles. The first-order valence-electron chi connectivity index (χ1n) is 9.57. The van der Waals surface area contributed by atoms with Crippen molar-refractivity contribution in [1.82, 2.24) is 10.2 Å². The number of carbonyl (C=O) groups excluding carboxylic acids is 1. The SMILES string of the molecule is CC(CNC(=O)CCCNc1ccc([N+](=O)[O-])cc1)N1CCc2sccc2C1. The molecule has 1 atom stereocenters. The van der Waals surface area contributed by atoms with E-state index < -0.39 is 4.92 Å². The number of amides is 1. The van der Waals surface area contributed by atoms with E-state index in [0.29, 0.717) is 32.0 Å². The third-order valence-electron chi connectivity index (χ3n) is 5.04. The molecule has 8 heteroatoms. The second-order valence-electron chi connectivity index (χ2n) is 7.08. The molecule has 3 rings (SSSR count). The Morgan fingerprint density at radius 1 is 1.32 bits per heavy atom. The third kappa shape index (κ3) is 5.53. The number of nitrogens with zero attached hydrogens (tertiary/aromatic N) is 2. The van der Waals surface area contributed by atoms with Crippen molar-refractivity contribution in [3.63, 3.8) is 0 Å². The van der Waals surface area contributed by atoms with E-state index in [0.717, 1.165) is 25.2 Å². The lowest BCUT2D eigenvalue weighted by molar-refractivity contribution is -0.384. The normalized spacial score (nSPS) is 14.9. The number of carbonyl (C=O) groups is 1. The minimum absolute atomic E-state index is 0.0607. The van der Waals surface area contributed by atoms with Crippen molar-refractivity contribution in [2.45, 2.75) is 38.8 Å². The molecule has 28 heavy (non-hydrogen) atoms. The monoisotopic (exact) mass is 402 g/mol. The number of non-ortho nitro benzene ring substituents is 1. The Morgan fingerprint density at radius 2 is 2.11 bits per heavy atom. The smallest absolute Gasteiger partial charge is 0.269 e. The topological polar surface area (TPSA) is 87.5 Å². The Morgan fingerprint density at radius 3 is 2.86 bits per heavy atom. The zero-order valence-electron chi connectivity index (χ0n) is 16.0. The number of nitro groups is 1. The molecule has 7 nitrogen and oxygen atoms in total. The Balaban J connectivity index is 1.31. The average Bonchev–Trinajstić information content (AvgIpc) is 3.17. The molecule has 0 fully saturated rings. The molecule has 0 spiro atoms. The fourth-order valence-electron chi connectivity index (χ4n) is 3.31. The van der Waals surface area contributed by atoms with Crippen LogP contribution in [0.1, 0.15) is 30.2 Å². The number of benzene rings is 1. The molecular weight excluding hydrogens is 376 g/mol. The van der Waals surface area contributed by atoms with Gasteiger partial charge in [-0.25, -0.2) is 0 Å². The van der Waals surface area contributed by atoms with Crippen LogP contribution in [-0.2, 0) is 17.8 Å². The van der Waals surface area contributed by atoms with E-state index in [-0.39, 0.29) is 11.6 Å². The molecule has 2 heterocycles. The molecule has 0 saturated heterocycles. The molecule has 1 aromatic heterocycles. The molecule has 1 aliphatic heterocycles. The summed E-state index contributed by atoms with van der Waals surface area (Å²) in [5.41, 5.74) is 2.31. The van der Waals surface area contributed by atoms with Crippen molar-refractivity contribution in [1.29, 1.82) is 0 Å². The molecule has 0 radical (unpaired) electrons. The molecular formula is C20H26N4O3S. The summed E-state index contributed by atoms with van der Waals surface area (Å²) < 4.78 is 0. The number of nitro benzene ring substituents is 1. The number of hydrogen-bond donors (Lipinski definition) is 2. The van der Waals surface area contributed by atoms with Crippen LogP contribution in [0.2, 0.25) is 0 Å². The van der Waals surface area contributed by atoms with Crippen molar-refractivity contribution in [2.24, 2.45) is 0 Å². The van der Waals surface area contributed by atoms with Crippen LogP contribution in [-0.4, -0.2) is 41.4 Å². The van der Waals surface area contributed by atoms with Crippen molar-refractivity contribution < 1.29 is 9.72 Å². The predicted molar refractivity (Wildman–Crippen MR) is 112 cm³/mol. The van der Waals surface area contributed by atoms with Crippen LogP contribution >= 0.6 is 11.3 Å². The number of fused-ring (bicyclic) bond motifs is 1. The number of anilines is 1. The first kappa shape index (κ1) is 20.3. The lowest BCUT2D eigenvalue weighted by Gasteiger charge is -2.32. The molecule has 2 N–H and O–H groups in total. The molecule has 1 amide bonds. The van der Waals surface area contributed by atoms with Crippen LogP contribution in [0.3, 0.4) is 0 Å². The van der Waals surface area contributed by atoms with Crippen molar-refractivity contribution in [3.05, 3.63) is 56.3 Å². The number of thiophene rings is 1. The summed E-state index contributed by atoms with van der Waals surface area (Å²) in [7, 11) is 0. The third-order valence-corrected chi connectivity index (χ3v) is 6.07. The van der Waals surface area contributed by atoms with E-state index >= 15 is 0 Å². The van der Waals surface area contributed by atoms with Gasteiger partial charge in [-0.15, -0.1) is 11.3 Å². The van der Waals surface area contributed by atoms with Gasteiger partial charge in [-0.1, -0.05) is 0 Å². The minimum atomic E-state index is -0.418. The highest BCUT2D eigenvalue weighted by Crippen LogP contribution is 2.25. The van der Waals surface area contributed by atoms with Gasteiger partial charge in [-0.2, -0.15) is 0 Å². The van der Waals surface area contributed by atoms with Gasteiger partial charge < -0.3 is 10.6 Å². The summed E-state index contributed by atoms with van der Waals surface area (Å²) in [5, 5.41) is 19.0. The van der Waals surface area contributed by atoms with Gasteiger partial charge in [0, 0.05) is 61.3 Å². The average molecular weight is 403 g/mol. The molecule has 1 aliphatic rings. The van der Waals surface area contributed by atoms with Crippen molar-refractivity contribution in [3.8, 4) is 0 Å². The van der Waals surface area contributed by atoms with Crippen LogP contribution < -0.4 is 10.6 Å². The highest BCUT2D eigenvalue weighted by molar-refractivity contribution is 7.10. The van der Waals surface area contributed by atoms with Gasteiger partial charge in [0.25, 0.3) is 5.69 Å². The highest BCUT2D eigenvalue weighted by Gasteiger charge is 2.21. The summed E-state index contributed by atoms with van der Waals surface area (Å²) in [4.78, 5) is 26.2. The van der Waals surface area contributed by atoms with Gasteiger partial charge >= 0.3 is 0 Å². The van der Waals surface area contributed by atoms with Gasteiger partial charge in [0.15, 0.2) is 0 Å². The van der Waals surface area contributed by atoms with Gasteiger partial charge in [-0.05, 0) is 48.9 Å². The molecule has 1 unspecified atom stereocenters. The molecule has 0 saturated carbocycles. The van der Waals surface area contributed by atoms with E-state index in [4.69, 9.17) is 0 Å². The van der Waals surface area contributed by atoms with E-state index in [1.807, 2.05) is 11.3 Å². The van der Waals surface area contributed by atoms with Gasteiger partial charge in [0.05, 0.1) is 4.92 Å². The zero-order chi connectivity index (χ0) is 19.9. The van der Waals surface area contributed by atoms with E-state index in [1.165, 1.54) is 22.6 Å². The zero-order valence-corrected chi connectivity index (χ0v) is 16.8. The van der Waals surface area contributed by atoms with Crippen LogP contribution in [0.15, 0.2) is 35.7 Å². The van der Waals surface area contributed by atoms with E-state index in [9.17, 15) is 14.9 Å². The quantitative estimate of drug-likeness (QED) is 0.381. The maximum absolute atomic E-state index is 12.1. The molecule has 150 valence electrons. The van der Waals surface area contributed by atoms with Crippen molar-refractivity contribution >= 4 is 28.6 Å². The standard InChI is InChI=1S/C20H26N4O3S/c1-15(23-11-8-19-16(14-23)9-12-28-19)13-22-20(25)3-2-10-21-17-4-6-18(7-5-17)24(26)27/h4-7,9,12,15,21H,2-3,8,10-11,13-14H2,1H3,(H,22,25). The van der Waals surface area contributed by atoms with Gasteiger partial charge in [-0.3, -0.25) is 19.8 Å². The van der Waals surface area contributed by atoms with Crippen LogP contribution in [0.5, 0.6) is 0 Å². The van der Waals surface area contributed by atoms with Crippen LogP contribution in [0.4, 0.5) is 11.4 Å². The lowest BCUT2D eigenvalue weighted by Crippen LogP contribution is -2.44. The second kappa shape index (κ2) is 9.66. The number of nitrogens with one attached hydrogen (secondary N) is 2. The largest absolute Gasteiger partial charge is 0.385 e. The summed E-state index contributed by atoms with van der Waals surface area (Å²) in [6.07, 6.45) is 2.26. The first-order valence-corrected chi connectivity index (χ1v) is 10.4.